The molecule has 186 valence electrons. The minimum atomic E-state index is -0.615. The van der Waals surface area contributed by atoms with Crippen LogP contribution in [0.25, 0.3) is 6.08 Å². The lowest BCUT2D eigenvalue weighted by Gasteiger charge is -2.12. The maximum Gasteiger partial charge on any atom is 0.272 e. The van der Waals surface area contributed by atoms with Crippen molar-refractivity contribution >= 4 is 57.7 Å². The van der Waals surface area contributed by atoms with Crippen molar-refractivity contribution in [2.24, 2.45) is 0 Å². The molecule has 0 bridgehead atoms. The zero-order chi connectivity index (χ0) is 26.0. The van der Waals surface area contributed by atoms with Crippen LogP contribution in [-0.2, 0) is 9.59 Å². The van der Waals surface area contributed by atoms with Crippen LogP contribution in [0.4, 0.5) is 15.2 Å². The number of halogens is 1. The molecule has 0 aliphatic carbocycles. The average Bonchev–Trinajstić information content (AvgIpc) is 3.42. The van der Waals surface area contributed by atoms with E-state index in [1.54, 1.807) is 72.2 Å². The third kappa shape index (κ3) is 7.60. The van der Waals surface area contributed by atoms with E-state index in [0.29, 0.717) is 16.4 Å². The Hall–Kier alpha value is -4.28. The zero-order valence-electron chi connectivity index (χ0n) is 19.3. The van der Waals surface area contributed by atoms with E-state index in [-0.39, 0.29) is 22.9 Å². The number of aromatic nitrogens is 1. The minimum Gasteiger partial charge on any atom is -0.321 e. The summed E-state index contributed by atoms with van der Waals surface area (Å²) in [6.45, 7) is 0. The lowest BCUT2D eigenvalue weighted by molar-refractivity contribution is -0.114. The normalized spacial score (nSPS) is 11.0. The zero-order valence-corrected chi connectivity index (χ0v) is 20.9. The van der Waals surface area contributed by atoms with E-state index >= 15 is 0 Å². The maximum atomic E-state index is 14.3. The second kappa shape index (κ2) is 12.6. The van der Waals surface area contributed by atoms with Gasteiger partial charge in [-0.25, -0.2) is 9.37 Å². The van der Waals surface area contributed by atoms with Gasteiger partial charge >= 0.3 is 0 Å². The number of hydrogen-bond donors (Lipinski definition) is 3. The molecule has 3 N–H and O–H groups in total. The predicted molar refractivity (Wildman–Crippen MR) is 145 cm³/mol. The van der Waals surface area contributed by atoms with Gasteiger partial charge in [0.25, 0.3) is 11.8 Å². The van der Waals surface area contributed by atoms with Gasteiger partial charge < -0.3 is 16.0 Å². The van der Waals surface area contributed by atoms with E-state index < -0.39 is 17.6 Å². The Morgan fingerprint density at radius 2 is 1.65 bits per heavy atom. The highest BCUT2D eigenvalue weighted by Gasteiger charge is 2.16. The van der Waals surface area contributed by atoms with Crippen molar-refractivity contribution in [2.45, 2.75) is 4.90 Å². The van der Waals surface area contributed by atoms with Gasteiger partial charge in [-0.2, -0.15) is 0 Å². The Kier molecular flexibility index (Phi) is 8.79. The monoisotopic (exact) mass is 532 g/mol. The summed E-state index contributed by atoms with van der Waals surface area (Å²) in [7, 11) is 0. The first-order valence-corrected chi connectivity index (χ1v) is 12.9. The highest BCUT2D eigenvalue weighted by atomic mass is 32.2. The van der Waals surface area contributed by atoms with Crippen LogP contribution in [0.5, 0.6) is 0 Å². The second-order valence-corrected chi connectivity index (χ2v) is 9.50. The van der Waals surface area contributed by atoms with E-state index in [1.165, 1.54) is 47.4 Å². The van der Waals surface area contributed by atoms with Crippen molar-refractivity contribution < 1.29 is 18.8 Å². The number of thioether (sulfide) groups is 1. The fourth-order valence-electron chi connectivity index (χ4n) is 3.11. The minimum absolute atomic E-state index is 0.115. The summed E-state index contributed by atoms with van der Waals surface area (Å²) in [6.07, 6.45) is 2.90. The van der Waals surface area contributed by atoms with Gasteiger partial charge in [0.15, 0.2) is 5.13 Å². The number of nitrogens with zero attached hydrogens (tertiary/aromatic N) is 1. The molecule has 1 heterocycles. The SMILES string of the molecule is O=C(CSc1ccc(NC(=O)/C(=C/c2ccccc2F)NC(=O)c2ccccc2)cc1)Nc1nccs1. The van der Waals surface area contributed by atoms with Gasteiger partial charge in [-0.05, 0) is 48.5 Å². The first-order valence-electron chi connectivity index (χ1n) is 11.0. The molecule has 0 spiro atoms. The average molecular weight is 533 g/mol. The lowest BCUT2D eigenvalue weighted by atomic mass is 10.1. The largest absolute Gasteiger partial charge is 0.321 e. The van der Waals surface area contributed by atoms with Crippen molar-refractivity contribution in [1.29, 1.82) is 0 Å². The molecule has 3 amide bonds. The Morgan fingerprint density at radius 1 is 0.919 bits per heavy atom. The van der Waals surface area contributed by atoms with Crippen LogP contribution in [0.15, 0.2) is 101 Å². The highest BCUT2D eigenvalue weighted by Crippen LogP contribution is 2.22. The highest BCUT2D eigenvalue weighted by molar-refractivity contribution is 8.00. The molecule has 0 saturated heterocycles. The molecule has 0 unspecified atom stereocenters. The Bertz CT molecular complexity index is 1410. The van der Waals surface area contributed by atoms with Crippen LogP contribution in [0.3, 0.4) is 0 Å². The summed E-state index contributed by atoms with van der Waals surface area (Å²) in [5.74, 6) is -1.61. The number of thiazole rings is 1. The molecule has 7 nitrogen and oxygen atoms in total. The molecule has 3 aromatic carbocycles. The van der Waals surface area contributed by atoms with Crippen LogP contribution in [0, 0.1) is 5.82 Å². The molecule has 0 atom stereocenters. The lowest BCUT2D eigenvalue weighted by Crippen LogP contribution is -2.30. The van der Waals surface area contributed by atoms with Crippen molar-refractivity contribution in [3.8, 4) is 0 Å². The van der Waals surface area contributed by atoms with Crippen LogP contribution in [0.2, 0.25) is 0 Å². The van der Waals surface area contributed by atoms with Crippen LogP contribution < -0.4 is 16.0 Å². The van der Waals surface area contributed by atoms with E-state index in [4.69, 9.17) is 0 Å². The van der Waals surface area contributed by atoms with E-state index in [2.05, 4.69) is 20.9 Å². The second-order valence-electron chi connectivity index (χ2n) is 7.55. The first kappa shape index (κ1) is 25.8. The summed E-state index contributed by atoms with van der Waals surface area (Å²) in [6, 6.07) is 21.3. The smallest absolute Gasteiger partial charge is 0.272 e. The van der Waals surface area contributed by atoms with Crippen LogP contribution in [0.1, 0.15) is 15.9 Å². The number of benzene rings is 3. The molecule has 0 aliphatic heterocycles. The van der Waals surface area contributed by atoms with Crippen molar-refractivity contribution in [3.63, 3.8) is 0 Å². The number of nitrogens with one attached hydrogen (secondary N) is 3. The number of carbonyl (C=O) groups excluding carboxylic acids is 3. The van der Waals surface area contributed by atoms with Crippen molar-refractivity contribution in [2.75, 3.05) is 16.4 Å². The number of carbonyl (C=O) groups is 3. The number of rotatable bonds is 9. The Labute approximate surface area is 220 Å². The summed E-state index contributed by atoms with van der Waals surface area (Å²) in [5, 5.41) is 10.3. The first-order chi connectivity index (χ1) is 18.0. The third-order valence-electron chi connectivity index (χ3n) is 4.89. The quantitative estimate of drug-likeness (QED) is 0.197. The van der Waals surface area contributed by atoms with Gasteiger partial charge in [0.2, 0.25) is 5.91 Å². The molecule has 10 heteroatoms. The van der Waals surface area contributed by atoms with Gasteiger partial charge in [0, 0.05) is 33.3 Å². The fraction of sp³-hybridized carbons (Fsp3) is 0.0370. The fourth-order valence-corrected chi connectivity index (χ4v) is 4.36. The molecular weight excluding hydrogens is 511 g/mol. The molecule has 0 radical (unpaired) electrons. The topological polar surface area (TPSA) is 100 Å². The molecule has 0 fully saturated rings. The molecule has 1 aromatic heterocycles. The van der Waals surface area contributed by atoms with Gasteiger partial charge in [-0.3, -0.25) is 14.4 Å². The van der Waals surface area contributed by atoms with E-state index in [1.807, 2.05) is 0 Å². The third-order valence-corrected chi connectivity index (χ3v) is 6.60. The molecule has 0 saturated carbocycles. The summed E-state index contributed by atoms with van der Waals surface area (Å²) in [4.78, 5) is 42.6. The molecule has 0 aliphatic rings. The molecule has 4 rings (SSSR count). The number of anilines is 2. The summed E-state index contributed by atoms with van der Waals surface area (Å²) < 4.78 is 14.3. The van der Waals surface area contributed by atoms with Crippen molar-refractivity contribution in [1.82, 2.24) is 10.3 Å². The van der Waals surface area contributed by atoms with Gasteiger partial charge in [0.1, 0.15) is 11.5 Å². The van der Waals surface area contributed by atoms with Crippen LogP contribution in [-0.4, -0.2) is 28.5 Å². The number of amides is 3. The van der Waals surface area contributed by atoms with E-state index in [9.17, 15) is 18.8 Å². The Morgan fingerprint density at radius 3 is 2.35 bits per heavy atom. The maximum absolute atomic E-state index is 14.3. The predicted octanol–water partition coefficient (Wildman–Crippen LogP) is 5.42. The molecular formula is C27H21FN4O3S2. The van der Waals surface area contributed by atoms with Gasteiger partial charge in [-0.1, -0.05) is 36.4 Å². The standard InChI is InChI=1S/C27H21FN4O3S2/c28-22-9-5-4-8-19(22)16-23(31-25(34)18-6-2-1-3-7-18)26(35)30-20-10-12-21(13-11-20)37-17-24(33)32-27-29-14-15-36-27/h1-16H,17H2,(H,30,35)(H,31,34)(H,29,32,33)/b23-16-. The Balaban J connectivity index is 1.43. The van der Waals surface area contributed by atoms with Crippen LogP contribution >= 0.6 is 23.1 Å². The number of hydrogen-bond acceptors (Lipinski definition) is 6. The summed E-state index contributed by atoms with van der Waals surface area (Å²) in [5.41, 5.74) is 0.866. The van der Waals surface area contributed by atoms with Gasteiger partial charge in [0.05, 0.1) is 5.75 Å². The van der Waals surface area contributed by atoms with Crippen molar-refractivity contribution in [3.05, 3.63) is 113 Å². The van der Waals surface area contributed by atoms with Gasteiger partial charge in [-0.15, -0.1) is 23.1 Å². The molecule has 4 aromatic rings. The molecule has 37 heavy (non-hydrogen) atoms. The summed E-state index contributed by atoms with van der Waals surface area (Å²) >= 11 is 2.68. The van der Waals surface area contributed by atoms with E-state index in [0.717, 1.165) is 4.90 Å².